The minimum absolute atomic E-state index is 0.174. The molecule has 0 radical (unpaired) electrons. The third-order valence-electron chi connectivity index (χ3n) is 3.32. The summed E-state index contributed by atoms with van der Waals surface area (Å²) in [5, 5.41) is 6.31. The fraction of sp³-hybridized carbons (Fsp3) is 0.263. The second-order valence-corrected chi connectivity index (χ2v) is 6.02. The summed E-state index contributed by atoms with van der Waals surface area (Å²) in [5.74, 6) is 0.120. The first-order valence-electron chi connectivity index (χ1n) is 8.10. The second kappa shape index (κ2) is 9.68. The normalized spacial score (nSPS) is 11.3. The van der Waals surface area contributed by atoms with Crippen molar-refractivity contribution < 1.29 is 19.1 Å². The Kier molecular flexibility index (Phi) is 7.29. The quantitative estimate of drug-likeness (QED) is 0.686. The molecule has 1 unspecified atom stereocenters. The Morgan fingerprint density at radius 2 is 1.85 bits per heavy atom. The van der Waals surface area contributed by atoms with E-state index < -0.39 is 12.1 Å². The van der Waals surface area contributed by atoms with Gasteiger partial charge in [0.05, 0.1) is 17.3 Å². The zero-order chi connectivity index (χ0) is 18.9. The average Bonchev–Trinajstić information content (AvgIpc) is 2.59. The maximum absolute atomic E-state index is 11.3. The van der Waals surface area contributed by atoms with Gasteiger partial charge in [-0.25, -0.2) is 0 Å². The Labute approximate surface area is 157 Å². The van der Waals surface area contributed by atoms with Crippen molar-refractivity contribution in [3.05, 3.63) is 53.6 Å². The topological polar surface area (TPSA) is 76.7 Å². The Bertz CT molecular complexity index is 752. The van der Waals surface area contributed by atoms with Crippen molar-refractivity contribution in [3.8, 4) is 5.75 Å². The fourth-order valence-corrected chi connectivity index (χ4v) is 2.43. The van der Waals surface area contributed by atoms with Crippen LogP contribution in [0.1, 0.15) is 13.8 Å². The summed E-state index contributed by atoms with van der Waals surface area (Å²) in [4.78, 5) is 22.5. The predicted octanol–water partition coefficient (Wildman–Crippen LogP) is 3.72. The highest BCUT2D eigenvalue weighted by molar-refractivity contribution is 6.33. The number of esters is 1. The van der Waals surface area contributed by atoms with Crippen molar-refractivity contribution in [3.63, 3.8) is 0 Å². The first kappa shape index (κ1) is 19.6. The molecular weight excluding hydrogens is 356 g/mol. The SMILES string of the molecule is CC(=O)Nc1ccc(Cl)c(NCC(COc2ccccc2)OC(C)=O)c1. The average molecular weight is 377 g/mol. The third kappa shape index (κ3) is 6.64. The minimum atomic E-state index is -0.506. The standard InChI is InChI=1S/C19H21ClN2O4/c1-13(23)22-15-8-9-18(20)19(10-15)21-11-17(26-14(2)24)12-25-16-6-4-3-5-7-16/h3-10,17,21H,11-12H2,1-2H3,(H,22,23). The number of para-hydroxylation sites is 1. The third-order valence-corrected chi connectivity index (χ3v) is 3.65. The Morgan fingerprint density at radius 1 is 1.12 bits per heavy atom. The van der Waals surface area contributed by atoms with Gasteiger partial charge in [-0.05, 0) is 30.3 Å². The van der Waals surface area contributed by atoms with Crippen molar-refractivity contribution in [2.24, 2.45) is 0 Å². The molecule has 7 heteroatoms. The number of rotatable bonds is 8. The Balaban J connectivity index is 1.99. The molecule has 0 saturated heterocycles. The van der Waals surface area contributed by atoms with E-state index in [-0.39, 0.29) is 12.5 Å². The van der Waals surface area contributed by atoms with Crippen LogP contribution in [0.5, 0.6) is 5.75 Å². The molecule has 0 heterocycles. The lowest BCUT2D eigenvalue weighted by atomic mass is 10.2. The van der Waals surface area contributed by atoms with Crippen molar-refractivity contribution in [2.75, 3.05) is 23.8 Å². The van der Waals surface area contributed by atoms with E-state index in [0.29, 0.717) is 28.7 Å². The molecule has 2 aromatic carbocycles. The van der Waals surface area contributed by atoms with Crippen LogP contribution in [0.3, 0.4) is 0 Å². The van der Waals surface area contributed by atoms with E-state index >= 15 is 0 Å². The number of nitrogens with one attached hydrogen (secondary N) is 2. The van der Waals surface area contributed by atoms with Crippen LogP contribution in [0, 0.1) is 0 Å². The molecule has 6 nitrogen and oxygen atoms in total. The van der Waals surface area contributed by atoms with Crippen molar-refractivity contribution in [1.82, 2.24) is 0 Å². The van der Waals surface area contributed by atoms with Crippen LogP contribution in [0.4, 0.5) is 11.4 Å². The summed E-state index contributed by atoms with van der Waals surface area (Å²) < 4.78 is 10.9. The molecule has 0 aliphatic rings. The molecule has 1 amide bonds. The molecule has 26 heavy (non-hydrogen) atoms. The lowest BCUT2D eigenvalue weighted by Gasteiger charge is -2.19. The zero-order valence-electron chi connectivity index (χ0n) is 14.6. The van der Waals surface area contributed by atoms with Crippen molar-refractivity contribution in [1.29, 1.82) is 0 Å². The molecule has 0 fully saturated rings. The summed E-state index contributed by atoms with van der Waals surface area (Å²) in [6.07, 6.45) is -0.506. The van der Waals surface area contributed by atoms with E-state index in [1.807, 2.05) is 30.3 Å². The van der Waals surface area contributed by atoms with Gasteiger partial charge in [0.2, 0.25) is 5.91 Å². The Morgan fingerprint density at radius 3 is 2.50 bits per heavy atom. The first-order chi connectivity index (χ1) is 12.4. The van der Waals surface area contributed by atoms with Crippen LogP contribution in [-0.4, -0.2) is 31.1 Å². The van der Waals surface area contributed by atoms with Gasteiger partial charge in [0.15, 0.2) is 6.10 Å². The number of halogens is 1. The van der Waals surface area contributed by atoms with E-state index in [9.17, 15) is 9.59 Å². The lowest BCUT2D eigenvalue weighted by molar-refractivity contribution is -0.147. The molecule has 0 aliphatic heterocycles. The van der Waals surface area contributed by atoms with Crippen LogP contribution < -0.4 is 15.4 Å². The molecule has 138 valence electrons. The number of hydrogen-bond acceptors (Lipinski definition) is 5. The van der Waals surface area contributed by atoms with E-state index in [1.165, 1.54) is 13.8 Å². The summed E-state index contributed by atoms with van der Waals surface area (Å²) in [6, 6.07) is 14.4. The van der Waals surface area contributed by atoms with Crippen LogP contribution in [0.25, 0.3) is 0 Å². The molecule has 0 spiro atoms. The highest BCUT2D eigenvalue weighted by Gasteiger charge is 2.14. The molecular formula is C19H21ClN2O4. The number of amides is 1. The lowest BCUT2D eigenvalue weighted by Crippen LogP contribution is -2.31. The van der Waals surface area contributed by atoms with E-state index in [1.54, 1.807) is 18.2 Å². The van der Waals surface area contributed by atoms with Crippen LogP contribution in [-0.2, 0) is 14.3 Å². The molecule has 0 bridgehead atoms. The zero-order valence-corrected chi connectivity index (χ0v) is 15.4. The van der Waals surface area contributed by atoms with Gasteiger partial charge in [0, 0.05) is 19.5 Å². The molecule has 0 saturated carbocycles. The smallest absolute Gasteiger partial charge is 0.303 e. The number of anilines is 2. The predicted molar refractivity (Wildman–Crippen MR) is 102 cm³/mol. The van der Waals surface area contributed by atoms with Gasteiger partial charge in [-0.15, -0.1) is 0 Å². The number of hydrogen-bond donors (Lipinski definition) is 2. The maximum atomic E-state index is 11.3. The van der Waals surface area contributed by atoms with Crippen LogP contribution >= 0.6 is 11.6 Å². The number of carbonyl (C=O) groups is 2. The monoisotopic (exact) mass is 376 g/mol. The molecule has 0 aromatic heterocycles. The molecule has 2 N–H and O–H groups in total. The van der Waals surface area contributed by atoms with E-state index in [4.69, 9.17) is 21.1 Å². The highest BCUT2D eigenvalue weighted by Crippen LogP contribution is 2.25. The summed E-state index contributed by atoms with van der Waals surface area (Å²) in [7, 11) is 0. The highest BCUT2D eigenvalue weighted by atomic mass is 35.5. The number of carbonyl (C=O) groups excluding carboxylic acids is 2. The van der Waals surface area contributed by atoms with Crippen LogP contribution in [0.2, 0.25) is 5.02 Å². The van der Waals surface area contributed by atoms with Crippen molar-refractivity contribution in [2.45, 2.75) is 20.0 Å². The maximum Gasteiger partial charge on any atom is 0.303 e. The van der Waals surface area contributed by atoms with Crippen LogP contribution in [0.15, 0.2) is 48.5 Å². The molecule has 0 aliphatic carbocycles. The summed E-state index contributed by atoms with van der Waals surface area (Å²) >= 11 is 6.18. The van der Waals surface area contributed by atoms with E-state index in [2.05, 4.69) is 10.6 Å². The van der Waals surface area contributed by atoms with Gasteiger partial charge < -0.3 is 20.1 Å². The first-order valence-corrected chi connectivity index (χ1v) is 8.48. The van der Waals surface area contributed by atoms with Gasteiger partial charge >= 0.3 is 5.97 Å². The van der Waals surface area contributed by atoms with E-state index in [0.717, 1.165) is 0 Å². The number of ether oxygens (including phenoxy) is 2. The van der Waals surface area contributed by atoms with Gasteiger partial charge in [-0.1, -0.05) is 29.8 Å². The van der Waals surface area contributed by atoms with Gasteiger partial charge in [0.1, 0.15) is 12.4 Å². The largest absolute Gasteiger partial charge is 0.490 e. The second-order valence-electron chi connectivity index (χ2n) is 5.61. The summed E-state index contributed by atoms with van der Waals surface area (Å²) in [6.45, 7) is 3.27. The van der Waals surface area contributed by atoms with Gasteiger partial charge in [0.25, 0.3) is 0 Å². The molecule has 2 rings (SSSR count). The van der Waals surface area contributed by atoms with Gasteiger partial charge in [-0.3, -0.25) is 9.59 Å². The number of benzene rings is 2. The Hall–Kier alpha value is -2.73. The molecule has 1 atom stereocenters. The minimum Gasteiger partial charge on any atom is -0.490 e. The molecule has 2 aromatic rings. The van der Waals surface area contributed by atoms with Gasteiger partial charge in [-0.2, -0.15) is 0 Å². The fourth-order valence-electron chi connectivity index (χ4n) is 2.24. The van der Waals surface area contributed by atoms with Crippen molar-refractivity contribution >= 4 is 34.9 Å². The summed E-state index contributed by atoms with van der Waals surface area (Å²) in [5.41, 5.74) is 1.24.